The molecule has 1 aliphatic heterocycles. The van der Waals surface area contributed by atoms with Crippen molar-refractivity contribution in [1.82, 2.24) is 4.31 Å². The van der Waals surface area contributed by atoms with Gasteiger partial charge in [-0.1, -0.05) is 71.3 Å². The van der Waals surface area contributed by atoms with Gasteiger partial charge < -0.3 is 5.11 Å². The van der Waals surface area contributed by atoms with Crippen LogP contribution in [0.3, 0.4) is 0 Å². The zero-order chi connectivity index (χ0) is 21.7. The Balaban J connectivity index is 1.76. The molecule has 30 heavy (non-hydrogen) atoms. The fourth-order valence-corrected chi connectivity index (χ4v) is 5.38. The van der Waals surface area contributed by atoms with E-state index in [-0.39, 0.29) is 5.92 Å². The highest BCUT2D eigenvalue weighted by Crippen LogP contribution is 2.31. The Morgan fingerprint density at radius 1 is 1.13 bits per heavy atom. The lowest BCUT2D eigenvalue weighted by molar-refractivity contribution is 0.181. The third-order valence-electron chi connectivity index (χ3n) is 5.69. The maximum atomic E-state index is 13.1. The molecule has 1 saturated heterocycles. The molecule has 0 spiro atoms. The lowest BCUT2D eigenvalue weighted by atomic mass is 9.89. The monoisotopic (exact) mass is 425 g/mol. The van der Waals surface area contributed by atoms with E-state index < -0.39 is 16.1 Å². The number of allylic oxidation sites excluding steroid dienone is 1. The third-order valence-corrected chi connectivity index (χ3v) is 7.57. The van der Waals surface area contributed by atoms with Crippen molar-refractivity contribution >= 4 is 10.0 Å². The summed E-state index contributed by atoms with van der Waals surface area (Å²) in [7, 11) is -3.52. The molecule has 4 nitrogen and oxygen atoms in total. The third kappa shape index (κ3) is 5.28. The zero-order valence-corrected chi connectivity index (χ0v) is 18.8. The number of rotatable bonds is 6. The topological polar surface area (TPSA) is 57.6 Å². The summed E-state index contributed by atoms with van der Waals surface area (Å²) in [4.78, 5) is 0.343. The highest BCUT2D eigenvalue weighted by atomic mass is 32.2. The largest absolute Gasteiger partial charge is 0.388 e. The molecule has 2 aromatic rings. The molecule has 0 unspecified atom stereocenters. The van der Waals surface area contributed by atoms with Crippen LogP contribution in [0.1, 0.15) is 43.9 Å². The summed E-state index contributed by atoms with van der Waals surface area (Å²) in [6, 6.07) is 16.6. The van der Waals surface area contributed by atoms with Gasteiger partial charge in [0.2, 0.25) is 10.0 Å². The van der Waals surface area contributed by atoms with E-state index in [0.717, 1.165) is 17.5 Å². The van der Waals surface area contributed by atoms with Crippen LogP contribution in [-0.2, 0) is 10.0 Å². The number of aliphatic hydroxyl groups excluding tert-OH is 1. The number of piperidine rings is 1. The molecular formula is C25H31NO3S. The van der Waals surface area contributed by atoms with Gasteiger partial charge in [0.25, 0.3) is 0 Å². The van der Waals surface area contributed by atoms with E-state index in [2.05, 4.69) is 19.9 Å². The molecule has 160 valence electrons. The zero-order valence-electron chi connectivity index (χ0n) is 18.0. The summed E-state index contributed by atoms with van der Waals surface area (Å²) in [5.41, 5.74) is 4.45. The number of nitrogens with zero attached hydrogens (tertiary/aromatic N) is 1. The Bertz CT molecular complexity index is 1000. The highest BCUT2D eigenvalue weighted by Gasteiger charge is 2.31. The van der Waals surface area contributed by atoms with Crippen molar-refractivity contribution in [1.29, 1.82) is 0 Å². The molecule has 1 heterocycles. The van der Waals surface area contributed by atoms with E-state index in [1.165, 1.54) is 11.1 Å². The second kappa shape index (κ2) is 9.73. The Morgan fingerprint density at radius 2 is 1.80 bits per heavy atom. The quantitative estimate of drug-likeness (QED) is 0.661. The second-order valence-electron chi connectivity index (χ2n) is 8.15. The molecule has 1 N–H and O–H groups in total. The summed E-state index contributed by atoms with van der Waals surface area (Å²) < 4.78 is 27.9. The van der Waals surface area contributed by atoms with Crippen LogP contribution in [0, 0.1) is 12.8 Å². The molecule has 2 aromatic carbocycles. The second-order valence-corrected chi connectivity index (χ2v) is 10.1. The minimum Gasteiger partial charge on any atom is -0.388 e. The van der Waals surface area contributed by atoms with E-state index >= 15 is 0 Å². The number of aliphatic hydroxyl groups is 1. The molecule has 0 saturated carbocycles. The number of aryl methyl sites for hydroxylation is 1. The van der Waals surface area contributed by atoms with Crippen LogP contribution >= 0.6 is 0 Å². The SMILES string of the molecule is CC(C)=C1CCN(S(=O)(=O)c2ccc(C)cc2)C[C@H]1/C=C/C[C@H](O)c1ccccc1. The standard InChI is InChI=1S/C25H31NO3S/c1-19(2)24-16-17-26(30(28,29)23-14-12-20(3)13-15-23)18-22(24)10-7-11-25(27)21-8-5-4-6-9-21/h4-10,12-15,22,25,27H,11,16-18H2,1-3H3/b10-7+/t22-,25+/m1/s1. The molecule has 0 amide bonds. The molecule has 2 atom stereocenters. The molecule has 0 aromatic heterocycles. The molecule has 1 aliphatic rings. The number of hydrogen-bond donors (Lipinski definition) is 1. The fraction of sp³-hybridized carbons (Fsp3) is 0.360. The van der Waals surface area contributed by atoms with Gasteiger partial charge in [-0.2, -0.15) is 4.31 Å². The predicted octanol–water partition coefficient (Wildman–Crippen LogP) is 5.02. The number of hydrogen-bond acceptors (Lipinski definition) is 3. The van der Waals surface area contributed by atoms with Crippen molar-refractivity contribution in [3.63, 3.8) is 0 Å². The van der Waals surface area contributed by atoms with Crippen LogP contribution in [0.15, 0.2) is 82.8 Å². The van der Waals surface area contributed by atoms with E-state index in [0.29, 0.717) is 24.4 Å². The van der Waals surface area contributed by atoms with Crippen LogP contribution in [0.5, 0.6) is 0 Å². The van der Waals surface area contributed by atoms with Gasteiger partial charge in [-0.05, 0) is 51.3 Å². The van der Waals surface area contributed by atoms with E-state index in [1.54, 1.807) is 16.4 Å². The average molecular weight is 426 g/mol. The van der Waals surface area contributed by atoms with Crippen molar-refractivity contribution in [2.75, 3.05) is 13.1 Å². The maximum Gasteiger partial charge on any atom is 0.243 e. The molecule has 1 fully saturated rings. The van der Waals surface area contributed by atoms with Crippen LogP contribution in [0.25, 0.3) is 0 Å². The predicted molar refractivity (Wildman–Crippen MR) is 122 cm³/mol. The molecule has 0 bridgehead atoms. The fourth-order valence-electron chi connectivity index (χ4n) is 3.91. The average Bonchev–Trinajstić information content (AvgIpc) is 2.74. The van der Waals surface area contributed by atoms with Gasteiger partial charge in [0.1, 0.15) is 0 Å². The lowest BCUT2D eigenvalue weighted by Crippen LogP contribution is -2.40. The number of benzene rings is 2. The highest BCUT2D eigenvalue weighted by molar-refractivity contribution is 7.89. The lowest BCUT2D eigenvalue weighted by Gasteiger charge is -2.33. The van der Waals surface area contributed by atoms with Gasteiger partial charge in [-0.3, -0.25) is 0 Å². The van der Waals surface area contributed by atoms with Crippen molar-refractivity contribution in [3.8, 4) is 0 Å². The minimum absolute atomic E-state index is 0.0203. The molecule has 3 rings (SSSR count). The van der Waals surface area contributed by atoms with Crippen molar-refractivity contribution in [2.24, 2.45) is 5.92 Å². The molecular weight excluding hydrogens is 394 g/mol. The smallest absolute Gasteiger partial charge is 0.243 e. The van der Waals surface area contributed by atoms with Gasteiger partial charge in [-0.25, -0.2) is 8.42 Å². The van der Waals surface area contributed by atoms with Crippen LogP contribution in [0.4, 0.5) is 0 Å². The molecule has 0 aliphatic carbocycles. The molecule has 5 heteroatoms. The van der Waals surface area contributed by atoms with Gasteiger partial charge in [0, 0.05) is 19.0 Å². The van der Waals surface area contributed by atoms with Gasteiger partial charge in [0.15, 0.2) is 0 Å². The summed E-state index contributed by atoms with van der Waals surface area (Å²) >= 11 is 0. The van der Waals surface area contributed by atoms with E-state index in [1.807, 2.05) is 55.5 Å². The van der Waals surface area contributed by atoms with E-state index in [4.69, 9.17) is 0 Å². The van der Waals surface area contributed by atoms with Gasteiger partial charge in [-0.15, -0.1) is 0 Å². The maximum absolute atomic E-state index is 13.1. The Hall–Kier alpha value is -2.21. The Kier molecular flexibility index (Phi) is 7.29. The van der Waals surface area contributed by atoms with Gasteiger partial charge >= 0.3 is 0 Å². The summed E-state index contributed by atoms with van der Waals surface area (Å²) in [6.45, 7) is 7.03. The van der Waals surface area contributed by atoms with Crippen molar-refractivity contribution in [2.45, 2.75) is 44.6 Å². The normalized spacial score (nSPS) is 19.2. The Morgan fingerprint density at radius 3 is 2.43 bits per heavy atom. The summed E-state index contributed by atoms with van der Waals surface area (Å²) in [5.74, 6) is 0.0203. The van der Waals surface area contributed by atoms with Gasteiger partial charge in [0.05, 0.1) is 11.0 Å². The van der Waals surface area contributed by atoms with E-state index in [9.17, 15) is 13.5 Å². The first-order chi connectivity index (χ1) is 14.3. The Labute approximate surface area is 180 Å². The number of sulfonamides is 1. The molecule has 0 radical (unpaired) electrons. The van der Waals surface area contributed by atoms with Crippen LogP contribution in [-0.4, -0.2) is 30.9 Å². The summed E-state index contributed by atoms with van der Waals surface area (Å²) in [6.07, 6.45) is 4.71. The van der Waals surface area contributed by atoms with Crippen LogP contribution in [0.2, 0.25) is 0 Å². The summed E-state index contributed by atoms with van der Waals surface area (Å²) in [5, 5.41) is 10.4. The first kappa shape index (κ1) is 22.5. The first-order valence-corrected chi connectivity index (χ1v) is 11.9. The van der Waals surface area contributed by atoms with Crippen molar-refractivity contribution in [3.05, 3.63) is 89.0 Å². The van der Waals surface area contributed by atoms with Crippen LogP contribution < -0.4 is 0 Å². The van der Waals surface area contributed by atoms with Crippen molar-refractivity contribution < 1.29 is 13.5 Å². The first-order valence-electron chi connectivity index (χ1n) is 10.4. The minimum atomic E-state index is -3.52.